The molecule has 2 aliphatic rings. The van der Waals surface area contributed by atoms with Crippen molar-refractivity contribution < 1.29 is 14.3 Å². The van der Waals surface area contributed by atoms with E-state index in [1.54, 1.807) is 23.8 Å². The Morgan fingerprint density at radius 2 is 1.74 bits per heavy atom. The van der Waals surface area contributed by atoms with E-state index in [1.807, 2.05) is 71.4 Å². The number of aryl methyl sites for hydroxylation is 1. The van der Waals surface area contributed by atoms with E-state index in [9.17, 15) is 9.59 Å². The molecule has 0 bridgehead atoms. The van der Waals surface area contributed by atoms with E-state index < -0.39 is 0 Å². The van der Waals surface area contributed by atoms with Crippen molar-refractivity contribution in [2.45, 2.75) is 31.1 Å². The molecule has 0 unspecified atom stereocenters. The minimum absolute atomic E-state index is 0.0561. The monoisotopic (exact) mass is 538 g/mol. The summed E-state index contributed by atoms with van der Waals surface area (Å²) in [6.07, 6.45) is 1.97. The third-order valence-electron chi connectivity index (χ3n) is 7.17. The van der Waals surface area contributed by atoms with Gasteiger partial charge in [-0.3, -0.25) is 14.5 Å². The molecular formula is C31H30N4O3S. The van der Waals surface area contributed by atoms with Crippen LogP contribution in [-0.2, 0) is 9.59 Å². The number of hydrogen-bond acceptors (Lipinski definition) is 5. The van der Waals surface area contributed by atoms with Crippen LogP contribution in [0.1, 0.15) is 34.8 Å². The van der Waals surface area contributed by atoms with Gasteiger partial charge in [0.25, 0.3) is 0 Å². The number of nitrogens with zero attached hydrogens (tertiary/aromatic N) is 3. The highest BCUT2D eigenvalue weighted by atomic mass is 32.2. The molecule has 6 rings (SSSR count). The molecule has 1 saturated carbocycles. The summed E-state index contributed by atoms with van der Waals surface area (Å²) in [6, 6.07) is 26.1. The number of carbonyl (C=O) groups excluding carboxylic acids is 2. The van der Waals surface area contributed by atoms with Crippen molar-refractivity contribution in [2.24, 2.45) is 0 Å². The molecule has 1 atom stereocenters. The molecule has 1 aromatic heterocycles. The number of carbonyl (C=O) groups is 2. The molecule has 1 aliphatic carbocycles. The van der Waals surface area contributed by atoms with Crippen LogP contribution in [-0.4, -0.2) is 47.0 Å². The first-order valence-electron chi connectivity index (χ1n) is 13.1. The SMILES string of the molecule is COc1ccc(-n2nc(-c3ccccc3)c3c2N(CC(=O)NC2CC2)C(=O)CS[C@@H]3c2ccccc2C)cc1. The molecular weight excluding hydrogens is 508 g/mol. The second-order valence-electron chi connectivity index (χ2n) is 9.93. The topological polar surface area (TPSA) is 76.5 Å². The second-order valence-corrected chi connectivity index (χ2v) is 11.0. The molecule has 3 aromatic carbocycles. The molecule has 2 heterocycles. The smallest absolute Gasteiger partial charge is 0.240 e. The number of aromatic nitrogens is 2. The average Bonchev–Trinajstić information content (AvgIpc) is 3.71. The summed E-state index contributed by atoms with van der Waals surface area (Å²) >= 11 is 1.59. The fourth-order valence-electron chi connectivity index (χ4n) is 5.00. The van der Waals surface area contributed by atoms with Gasteiger partial charge in [0.05, 0.1) is 29.5 Å². The number of amides is 2. The molecule has 198 valence electrons. The van der Waals surface area contributed by atoms with Crippen LogP contribution < -0.4 is 15.0 Å². The van der Waals surface area contributed by atoms with Crippen molar-refractivity contribution in [3.63, 3.8) is 0 Å². The van der Waals surface area contributed by atoms with Crippen molar-refractivity contribution in [3.8, 4) is 22.7 Å². The molecule has 0 saturated heterocycles. The predicted molar refractivity (Wildman–Crippen MR) is 155 cm³/mol. The van der Waals surface area contributed by atoms with Crippen molar-refractivity contribution in [2.75, 3.05) is 24.3 Å². The highest BCUT2D eigenvalue weighted by Gasteiger charge is 2.38. The Labute approximate surface area is 232 Å². The lowest BCUT2D eigenvalue weighted by Crippen LogP contribution is -2.43. The molecule has 1 N–H and O–H groups in total. The predicted octanol–water partition coefficient (Wildman–Crippen LogP) is 5.30. The number of methoxy groups -OCH3 is 1. The van der Waals surface area contributed by atoms with Gasteiger partial charge in [-0.15, -0.1) is 11.8 Å². The summed E-state index contributed by atoms with van der Waals surface area (Å²) in [5, 5.41) is 8.04. The Bertz CT molecular complexity index is 1510. The quantitative estimate of drug-likeness (QED) is 0.345. The lowest BCUT2D eigenvalue weighted by atomic mass is 9.97. The Hall–Kier alpha value is -4.04. The summed E-state index contributed by atoms with van der Waals surface area (Å²) in [6.45, 7) is 2.04. The average molecular weight is 539 g/mol. The van der Waals surface area contributed by atoms with Crippen molar-refractivity contribution in [1.82, 2.24) is 15.1 Å². The maximum absolute atomic E-state index is 13.8. The third kappa shape index (κ3) is 5.04. The van der Waals surface area contributed by atoms with Crippen LogP contribution in [0, 0.1) is 6.92 Å². The lowest BCUT2D eigenvalue weighted by molar-refractivity contribution is -0.123. The molecule has 0 radical (unpaired) electrons. The maximum atomic E-state index is 13.8. The van der Waals surface area contributed by atoms with E-state index in [2.05, 4.69) is 24.4 Å². The van der Waals surface area contributed by atoms with Crippen LogP contribution in [0.2, 0.25) is 0 Å². The fourth-order valence-corrected chi connectivity index (χ4v) is 6.30. The van der Waals surface area contributed by atoms with Gasteiger partial charge in [-0.1, -0.05) is 54.6 Å². The lowest BCUT2D eigenvalue weighted by Gasteiger charge is -2.23. The van der Waals surface area contributed by atoms with Gasteiger partial charge >= 0.3 is 0 Å². The second kappa shape index (κ2) is 10.6. The Balaban J connectivity index is 1.60. The van der Waals surface area contributed by atoms with Gasteiger partial charge in [-0.05, 0) is 55.2 Å². The molecule has 1 fully saturated rings. The summed E-state index contributed by atoms with van der Waals surface area (Å²) in [5.41, 5.74) is 5.74. The van der Waals surface area contributed by atoms with Crippen LogP contribution in [0.3, 0.4) is 0 Å². The summed E-state index contributed by atoms with van der Waals surface area (Å²) in [5.74, 6) is 1.34. The Kier molecular flexibility index (Phi) is 6.87. The summed E-state index contributed by atoms with van der Waals surface area (Å²) in [4.78, 5) is 28.5. The largest absolute Gasteiger partial charge is 0.497 e. The minimum atomic E-state index is -0.153. The van der Waals surface area contributed by atoms with E-state index in [4.69, 9.17) is 9.84 Å². The number of hydrogen-bond donors (Lipinski definition) is 1. The van der Waals surface area contributed by atoms with E-state index in [0.717, 1.165) is 52.2 Å². The van der Waals surface area contributed by atoms with Crippen molar-refractivity contribution >= 4 is 29.4 Å². The minimum Gasteiger partial charge on any atom is -0.497 e. The van der Waals surface area contributed by atoms with Gasteiger partial charge in [-0.2, -0.15) is 5.10 Å². The highest BCUT2D eigenvalue weighted by Crippen LogP contribution is 2.49. The van der Waals surface area contributed by atoms with Crippen molar-refractivity contribution in [1.29, 1.82) is 0 Å². The summed E-state index contributed by atoms with van der Waals surface area (Å²) < 4.78 is 7.20. The van der Waals surface area contributed by atoms with Crippen LogP contribution in [0.15, 0.2) is 78.9 Å². The third-order valence-corrected chi connectivity index (χ3v) is 8.40. The normalized spacial score (nSPS) is 16.9. The first kappa shape index (κ1) is 25.2. The molecule has 4 aromatic rings. The van der Waals surface area contributed by atoms with Crippen LogP contribution >= 0.6 is 11.8 Å². The highest BCUT2D eigenvalue weighted by molar-refractivity contribution is 8.00. The van der Waals surface area contributed by atoms with E-state index in [-0.39, 0.29) is 35.4 Å². The van der Waals surface area contributed by atoms with E-state index >= 15 is 0 Å². The van der Waals surface area contributed by atoms with Crippen molar-refractivity contribution in [3.05, 3.63) is 95.6 Å². The zero-order valence-corrected chi connectivity index (χ0v) is 22.8. The number of thioether (sulfide) groups is 1. The van der Waals surface area contributed by atoms with Crippen LogP contribution in [0.25, 0.3) is 16.9 Å². The molecule has 39 heavy (non-hydrogen) atoms. The first-order chi connectivity index (χ1) is 19.0. The van der Waals surface area contributed by atoms with E-state index in [1.165, 1.54) is 0 Å². The number of nitrogens with one attached hydrogen (secondary N) is 1. The molecule has 1 aliphatic heterocycles. The number of benzene rings is 3. The van der Waals surface area contributed by atoms with Gasteiger partial charge < -0.3 is 10.1 Å². The van der Waals surface area contributed by atoms with Gasteiger partial charge in [0, 0.05) is 17.2 Å². The number of fused-ring (bicyclic) bond motifs is 1. The standard InChI is InChI=1S/C31H30N4O3S/c1-20-8-6-7-11-25(20)30-28-29(21-9-4-3-5-10-21)33-35(23-14-16-24(38-2)17-15-23)31(28)34(27(37)19-39-30)18-26(36)32-22-12-13-22/h3-11,14-17,22,30H,12-13,18-19H2,1-2H3,(H,32,36)/t30-/m1/s1. The molecule has 8 heteroatoms. The van der Waals surface area contributed by atoms with Crippen LogP contribution in [0.4, 0.5) is 5.82 Å². The zero-order valence-electron chi connectivity index (χ0n) is 22.0. The number of ether oxygens (including phenoxy) is 1. The molecule has 7 nitrogen and oxygen atoms in total. The fraction of sp³-hybridized carbons (Fsp3) is 0.258. The first-order valence-corrected chi connectivity index (χ1v) is 14.2. The van der Waals surface area contributed by atoms with Gasteiger partial charge in [0.15, 0.2) is 0 Å². The number of anilines is 1. The van der Waals surface area contributed by atoms with Crippen LogP contribution in [0.5, 0.6) is 5.75 Å². The van der Waals surface area contributed by atoms with Gasteiger partial charge in [0.1, 0.15) is 18.1 Å². The van der Waals surface area contributed by atoms with E-state index in [0.29, 0.717) is 5.82 Å². The maximum Gasteiger partial charge on any atom is 0.240 e. The number of rotatable bonds is 7. The Morgan fingerprint density at radius 1 is 1.03 bits per heavy atom. The van der Waals surface area contributed by atoms with Gasteiger partial charge in [-0.25, -0.2) is 4.68 Å². The molecule has 2 amide bonds. The zero-order chi connectivity index (χ0) is 26.9. The molecule has 0 spiro atoms. The summed E-state index contributed by atoms with van der Waals surface area (Å²) in [7, 11) is 1.63. The van der Waals surface area contributed by atoms with Gasteiger partial charge in [0.2, 0.25) is 11.8 Å². The Morgan fingerprint density at radius 3 is 2.44 bits per heavy atom.